The van der Waals surface area contributed by atoms with Crippen LogP contribution in [0.2, 0.25) is 0 Å². The monoisotopic (exact) mass is 686 g/mol. The molecule has 2 aromatic rings. The van der Waals surface area contributed by atoms with E-state index in [1.165, 1.54) is 0 Å². The van der Waals surface area contributed by atoms with Gasteiger partial charge in [-0.05, 0) is 56.0 Å². The minimum absolute atomic E-state index is 0.234. The molecular formula is C39H50N4O7. The first kappa shape index (κ1) is 35.8. The van der Waals surface area contributed by atoms with E-state index in [1.54, 1.807) is 26.9 Å². The number of aliphatic hydroxyl groups excluding tert-OH is 1. The molecule has 4 aliphatic rings. The van der Waals surface area contributed by atoms with Gasteiger partial charge in [0, 0.05) is 45.0 Å². The van der Waals surface area contributed by atoms with E-state index in [1.807, 2.05) is 61.5 Å². The first-order chi connectivity index (χ1) is 24.4. The molecule has 0 saturated carbocycles. The van der Waals surface area contributed by atoms with E-state index in [4.69, 9.17) is 14.2 Å². The summed E-state index contributed by atoms with van der Waals surface area (Å²) in [6.45, 7) is 14.4. The quantitative estimate of drug-likeness (QED) is 0.269. The normalized spacial score (nSPS) is 26.4. The molecular weight excluding hydrogens is 636 g/mol. The van der Waals surface area contributed by atoms with Gasteiger partial charge in [0.25, 0.3) is 0 Å². The summed E-state index contributed by atoms with van der Waals surface area (Å²) in [5.41, 5.74) is 0.379. The van der Waals surface area contributed by atoms with Gasteiger partial charge in [0.1, 0.15) is 17.4 Å². The van der Waals surface area contributed by atoms with Crippen LogP contribution < -0.4 is 9.64 Å². The third-order valence-electron chi connectivity index (χ3n) is 10.7. The Morgan fingerprint density at radius 1 is 1.06 bits per heavy atom. The van der Waals surface area contributed by atoms with E-state index in [0.717, 1.165) is 18.7 Å². The molecule has 3 amide bonds. The lowest BCUT2D eigenvalue weighted by Crippen LogP contribution is -2.59. The highest BCUT2D eigenvalue weighted by molar-refractivity contribution is 6.03. The summed E-state index contributed by atoms with van der Waals surface area (Å²) >= 11 is 0. The van der Waals surface area contributed by atoms with Crippen LogP contribution in [-0.2, 0) is 30.3 Å². The summed E-state index contributed by atoms with van der Waals surface area (Å²) in [4.78, 5) is 51.8. The highest BCUT2D eigenvalue weighted by atomic mass is 16.5. The Bertz CT molecular complexity index is 1510. The molecule has 2 unspecified atom stereocenters. The zero-order valence-corrected chi connectivity index (χ0v) is 29.0. The molecule has 11 nitrogen and oxygen atoms in total. The lowest BCUT2D eigenvalue weighted by Gasteiger charge is -2.40. The molecule has 11 heteroatoms. The lowest BCUT2D eigenvalue weighted by molar-refractivity contribution is -0.151. The van der Waals surface area contributed by atoms with Crippen LogP contribution >= 0.6 is 0 Å². The van der Waals surface area contributed by atoms with Gasteiger partial charge in [0.15, 0.2) is 0 Å². The van der Waals surface area contributed by atoms with Crippen LogP contribution in [0.3, 0.4) is 0 Å². The standard InChI is InChI=1S/C39H50N4O7/c1-4-18-41(21-20-40-22-24-48-25-23-40)38(47)35-39-17-16-32(50-39)33(36(45)42(19-5-2)29-12-14-31(15-13-29)49-6-3)34(39)37(46)43(35)30(27-44)26-28-10-8-7-9-11-28/h4-5,7-15,30,32-35,44H,1-2,6,16-27H2,3H3/t30-,32+,33-,34+,35?,39?/m1/s1. The topological polar surface area (TPSA) is 112 Å². The van der Waals surface area contributed by atoms with Gasteiger partial charge in [-0.2, -0.15) is 0 Å². The van der Waals surface area contributed by atoms with E-state index in [0.29, 0.717) is 70.2 Å². The zero-order valence-electron chi connectivity index (χ0n) is 29.0. The average molecular weight is 687 g/mol. The lowest BCUT2D eigenvalue weighted by atomic mass is 9.70. The van der Waals surface area contributed by atoms with Crippen molar-refractivity contribution in [2.75, 3.05) is 70.6 Å². The molecule has 4 fully saturated rings. The molecule has 2 aromatic carbocycles. The molecule has 6 rings (SSSR count). The van der Waals surface area contributed by atoms with Crippen molar-refractivity contribution < 1.29 is 33.7 Å². The van der Waals surface area contributed by atoms with Crippen molar-refractivity contribution in [2.45, 2.75) is 50.0 Å². The van der Waals surface area contributed by atoms with Gasteiger partial charge in [-0.3, -0.25) is 19.3 Å². The molecule has 0 radical (unpaired) electrons. The molecule has 4 saturated heterocycles. The van der Waals surface area contributed by atoms with Gasteiger partial charge >= 0.3 is 0 Å². The Morgan fingerprint density at radius 3 is 2.44 bits per heavy atom. The SMILES string of the molecule is C=CCN(CCN1CCOCC1)C(=O)C1N([C@@H](CO)Cc2ccccc2)C(=O)[C@@H]2[C@H](C(=O)N(CC=C)c3ccc(OCC)cc3)[C@@H]3CCC12O3. The number of carbonyl (C=O) groups excluding carboxylic acids is 3. The minimum atomic E-state index is -1.21. The fourth-order valence-electron chi connectivity index (χ4n) is 8.41. The maximum Gasteiger partial charge on any atom is 0.248 e. The van der Waals surface area contributed by atoms with Gasteiger partial charge in [-0.25, -0.2) is 0 Å². The van der Waals surface area contributed by atoms with Crippen molar-refractivity contribution in [1.29, 1.82) is 0 Å². The summed E-state index contributed by atoms with van der Waals surface area (Å²) in [7, 11) is 0. The third-order valence-corrected chi connectivity index (χ3v) is 10.7. The Kier molecular flexibility index (Phi) is 11.4. The maximum atomic E-state index is 14.9. The van der Waals surface area contributed by atoms with Crippen molar-refractivity contribution in [2.24, 2.45) is 11.8 Å². The van der Waals surface area contributed by atoms with Gasteiger partial charge < -0.3 is 34.0 Å². The number of amides is 3. The second kappa shape index (κ2) is 15.9. The summed E-state index contributed by atoms with van der Waals surface area (Å²) in [5.74, 6) is -1.81. The summed E-state index contributed by atoms with van der Waals surface area (Å²) in [6, 6.07) is 15.2. The average Bonchev–Trinajstić information content (AvgIpc) is 3.79. The number of fused-ring (bicyclic) bond motifs is 1. The number of aliphatic hydroxyl groups is 1. The highest BCUT2D eigenvalue weighted by Gasteiger charge is 2.75. The van der Waals surface area contributed by atoms with Crippen LogP contribution in [0, 0.1) is 11.8 Å². The number of morpholine rings is 1. The molecule has 50 heavy (non-hydrogen) atoms. The minimum Gasteiger partial charge on any atom is -0.494 e. The van der Waals surface area contributed by atoms with Crippen LogP contribution in [0.25, 0.3) is 0 Å². The van der Waals surface area contributed by atoms with Crippen LogP contribution in [-0.4, -0.2) is 127 Å². The molecule has 4 aliphatic heterocycles. The fraction of sp³-hybridized carbons (Fsp3) is 0.513. The van der Waals surface area contributed by atoms with E-state index in [-0.39, 0.29) is 30.9 Å². The number of likely N-dealkylation sites (tertiary alicyclic amines) is 1. The number of benzene rings is 2. The van der Waals surface area contributed by atoms with Gasteiger partial charge in [-0.15, -0.1) is 13.2 Å². The Hall–Kier alpha value is -4.03. The van der Waals surface area contributed by atoms with Crippen molar-refractivity contribution in [3.05, 3.63) is 85.5 Å². The molecule has 4 heterocycles. The first-order valence-corrected chi connectivity index (χ1v) is 17.9. The van der Waals surface area contributed by atoms with Crippen molar-refractivity contribution in [3.63, 3.8) is 0 Å². The van der Waals surface area contributed by atoms with Crippen LogP contribution in [0.5, 0.6) is 5.75 Å². The largest absolute Gasteiger partial charge is 0.494 e. The van der Waals surface area contributed by atoms with Gasteiger partial charge in [0.05, 0.1) is 50.4 Å². The number of carbonyl (C=O) groups is 3. The second-order valence-electron chi connectivity index (χ2n) is 13.5. The highest BCUT2D eigenvalue weighted by Crippen LogP contribution is 2.59. The molecule has 6 atom stereocenters. The fourth-order valence-corrected chi connectivity index (χ4v) is 8.41. The molecule has 0 aliphatic carbocycles. The van der Waals surface area contributed by atoms with E-state index < -0.39 is 35.6 Å². The summed E-state index contributed by atoms with van der Waals surface area (Å²) in [6.07, 6.45) is 4.19. The number of hydrogen-bond acceptors (Lipinski definition) is 8. The Balaban J connectivity index is 1.36. The predicted octanol–water partition coefficient (Wildman–Crippen LogP) is 2.93. The number of ether oxygens (including phenoxy) is 3. The summed E-state index contributed by atoms with van der Waals surface area (Å²) in [5, 5.41) is 10.9. The van der Waals surface area contributed by atoms with Crippen molar-refractivity contribution in [3.8, 4) is 5.75 Å². The predicted molar refractivity (Wildman–Crippen MR) is 190 cm³/mol. The Labute approximate surface area is 295 Å². The number of anilines is 1. The second-order valence-corrected chi connectivity index (χ2v) is 13.5. The third kappa shape index (κ3) is 6.84. The van der Waals surface area contributed by atoms with Gasteiger partial charge in [0.2, 0.25) is 17.7 Å². The molecule has 268 valence electrons. The van der Waals surface area contributed by atoms with E-state index in [2.05, 4.69) is 18.1 Å². The smallest absolute Gasteiger partial charge is 0.248 e. The van der Waals surface area contributed by atoms with Crippen LogP contribution in [0.4, 0.5) is 5.69 Å². The van der Waals surface area contributed by atoms with E-state index >= 15 is 0 Å². The number of rotatable bonds is 16. The number of hydrogen-bond donors (Lipinski definition) is 1. The van der Waals surface area contributed by atoms with Crippen LogP contribution in [0.1, 0.15) is 25.3 Å². The van der Waals surface area contributed by atoms with Gasteiger partial charge in [-0.1, -0.05) is 42.5 Å². The summed E-state index contributed by atoms with van der Waals surface area (Å²) < 4.78 is 17.9. The first-order valence-electron chi connectivity index (χ1n) is 17.9. The Morgan fingerprint density at radius 2 is 1.78 bits per heavy atom. The zero-order chi connectivity index (χ0) is 35.3. The van der Waals surface area contributed by atoms with Crippen LogP contribution in [0.15, 0.2) is 79.9 Å². The van der Waals surface area contributed by atoms with Crippen molar-refractivity contribution >= 4 is 23.4 Å². The molecule has 0 aromatic heterocycles. The number of nitrogens with zero attached hydrogens (tertiary/aromatic N) is 4. The van der Waals surface area contributed by atoms with E-state index in [9.17, 15) is 19.5 Å². The van der Waals surface area contributed by atoms with Crippen molar-refractivity contribution in [1.82, 2.24) is 14.7 Å². The maximum absolute atomic E-state index is 14.9. The molecule has 1 N–H and O–H groups in total. The molecule has 1 spiro atoms. The molecule has 2 bridgehead atoms.